The smallest absolute Gasteiger partial charge is 0.238 e. The van der Waals surface area contributed by atoms with E-state index in [0.717, 1.165) is 17.3 Å². The van der Waals surface area contributed by atoms with E-state index in [4.69, 9.17) is 10.5 Å². The van der Waals surface area contributed by atoms with Gasteiger partial charge in [-0.25, -0.2) is 4.98 Å². The van der Waals surface area contributed by atoms with Crippen molar-refractivity contribution in [2.24, 2.45) is 5.73 Å². The minimum Gasteiger partial charge on any atom is -0.479 e. The third kappa shape index (κ3) is 1.33. The van der Waals surface area contributed by atoms with E-state index >= 15 is 0 Å². The third-order valence-corrected chi connectivity index (χ3v) is 2.26. The number of pyridine rings is 1. The number of fused-ring (bicyclic) bond motifs is 1. The highest BCUT2D eigenvalue weighted by molar-refractivity contribution is 5.86. The molecule has 0 aliphatic heterocycles. The number of ether oxygens (including phenoxy) is 1. The summed E-state index contributed by atoms with van der Waals surface area (Å²) in [6, 6.07) is 1.97. The van der Waals surface area contributed by atoms with E-state index in [0.29, 0.717) is 12.4 Å². The molecule has 4 nitrogen and oxygen atoms in total. The van der Waals surface area contributed by atoms with Gasteiger partial charge in [0.05, 0.1) is 7.11 Å². The zero-order valence-electron chi connectivity index (χ0n) is 8.08. The second-order valence-corrected chi connectivity index (χ2v) is 3.10. The predicted octanol–water partition coefficient (Wildman–Crippen LogP) is 1.07. The molecule has 0 radical (unpaired) electrons. The molecule has 0 unspecified atom stereocenters. The summed E-state index contributed by atoms with van der Waals surface area (Å²) >= 11 is 0. The Bertz CT molecular complexity index is 436. The Morgan fingerprint density at radius 1 is 1.57 bits per heavy atom. The highest BCUT2D eigenvalue weighted by Gasteiger charge is 2.07. The molecule has 2 aromatic rings. The van der Waals surface area contributed by atoms with Crippen LogP contribution in [0.4, 0.5) is 0 Å². The van der Waals surface area contributed by atoms with E-state index in [2.05, 4.69) is 9.97 Å². The zero-order valence-corrected chi connectivity index (χ0v) is 8.08. The summed E-state index contributed by atoms with van der Waals surface area (Å²) in [6.45, 7) is 0.650. The summed E-state index contributed by atoms with van der Waals surface area (Å²) in [4.78, 5) is 7.26. The number of methoxy groups -OCH3 is 1. The number of H-pyrrole nitrogens is 1. The number of aromatic nitrogens is 2. The normalized spacial score (nSPS) is 10.7. The Balaban J connectivity index is 2.57. The molecule has 2 aromatic heterocycles. The molecule has 0 spiro atoms. The Morgan fingerprint density at radius 3 is 3.14 bits per heavy atom. The lowest BCUT2D eigenvalue weighted by Gasteiger charge is -2.00. The molecule has 0 saturated carbocycles. The number of hydrogen-bond donors (Lipinski definition) is 2. The number of hydrogen-bond acceptors (Lipinski definition) is 3. The molecule has 0 aliphatic carbocycles. The molecular formula is C10H13N3O. The van der Waals surface area contributed by atoms with Crippen LogP contribution in [0.15, 0.2) is 18.5 Å². The van der Waals surface area contributed by atoms with Gasteiger partial charge < -0.3 is 15.5 Å². The van der Waals surface area contributed by atoms with Crippen LogP contribution in [0.5, 0.6) is 5.88 Å². The first-order valence-corrected chi connectivity index (χ1v) is 4.56. The van der Waals surface area contributed by atoms with Crippen LogP contribution < -0.4 is 10.5 Å². The fraction of sp³-hybridized carbons (Fsp3) is 0.300. The van der Waals surface area contributed by atoms with E-state index in [1.165, 1.54) is 5.56 Å². The molecule has 0 fully saturated rings. The molecule has 0 bridgehead atoms. The van der Waals surface area contributed by atoms with Gasteiger partial charge in [0.15, 0.2) is 0 Å². The molecule has 2 heterocycles. The van der Waals surface area contributed by atoms with Crippen molar-refractivity contribution in [1.29, 1.82) is 0 Å². The first-order chi connectivity index (χ1) is 6.86. The van der Waals surface area contributed by atoms with Crippen molar-refractivity contribution in [3.05, 3.63) is 24.0 Å². The van der Waals surface area contributed by atoms with Crippen LogP contribution >= 0.6 is 0 Å². The van der Waals surface area contributed by atoms with Gasteiger partial charge in [-0.15, -0.1) is 0 Å². The number of aromatic amines is 1. The van der Waals surface area contributed by atoms with E-state index < -0.39 is 0 Å². The minimum atomic E-state index is 0.630. The summed E-state index contributed by atoms with van der Waals surface area (Å²) in [5.41, 5.74) is 7.67. The summed E-state index contributed by atoms with van der Waals surface area (Å²) in [5.74, 6) is 0.630. The molecule has 2 rings (SSSR count). The van der Waals surface area contributed by atoms with Crippen molar-refractivity contribution >= 4 is 10.9 Å². The van der Waals surface area contributed by atoms with Crippen LogP contribution in [0, 0.1) is 0 Å². The van der Waals surface area contributed by atoms with Gasteiger partial charge in [-0.1, -0.05) is 0 Å². The van der Waals surface area contributed by atoms with Crippen molar-refractivity contribution in [3.63, 3.8) is 0 Å². The largest absolute Gasteiger partial charge is 0.479 e. The molecular weight excluding hydrogens is 178 g/mol. The van der Waals surface area contributed by atoms with Crippen molar-refractivity contribution in [1.82, 2.24) is 9.97 Å². The second kappa shape index (κ2) is 3.67. The topological polar surface area (TPSA) is 63.9 Å². The number of nitrogens with two attached hydrogens (primary N) is 1. The maximum atomic E-state index is 5.52. The van der Waals surface area contributed by atoms with Crippen LogP contribution in [0.25, 0.3) is 10.9 Å². The summed E-state index contributed by atoms with van der Waals surface area (Å²) in [7, 11) is 1.62. The molecule has 0 amide bonds. The maximum absolute atomic E-state index is 5.52. The van der Waals surface area contributed by atoms with Crippen molar-refractivity contribution in [2.75, 3.05) is 13.7 Å². The summed E-state index contributed by atoms with van der Waals surface area (Å²) < 4.78 is 5.15. The predicted molar refractivity (Wildman–Crippen MR) is 55.4 cm³/mol. The van der Waals surface area contributed by atoms with Gasteiger partial charge in [0.2, 0.25) is 5.88 Å². The fourth-order valence-electron chi connectivity index (χ4n) is 1.60. The third-order valence-electron chi connectivity index (χ3n) is 2.26. The first kappa shape index (κ1) is 9.02. The molecule has 4 heteroatoms. The van der Waals surface area contributed by atoms with E-state index in [1.807, 2.05) is 12.3 Å². The highest BCUT2D eigenvalue weighted by atomic mass is 16.5. The van der Waals surface area contributed by atoms with Crippen LogP contribution in [0.3, 0.4) is 0 Å². The van der Waals surface area contributed by atoms with Gasteiger partial charge in [0.25, 0.3) is 0 Å². The quantitative estimate of drug-likeness (QED) is 0.762. The lowest BCUT2D eigenvalue weighted by molar-refractivity contribution is 0.402. The monoisotopic (exact) mass is 191 g/mol. The van der Waals surface area contributed by atoms with Crippen molar-refractivity contribution in [2.45, 2.75) is 6.42 Å². The molecule has 14 heavy (non-hydrogen) atoms. The van der Waals surface area contributed by atoms with Crippen molar-refractivity contribution < 1.29 is 4.74 Å². The number of nitrogens with zero attached hydrogens (tertiary/aromatic N) is 1. The Morgan fingerprint density at radius 2 is 2.43 bits per heavy atom. The van der Waals surface area contributed by atoms with Crippen LogP contribution in [-0.4, -0.2) is 23.6 Å². The van der Waals surface area contributed by atoms with Gasteiger partial charge in [-0.2, -0.15) is 0 Å². The highest BCUT2D eigenvalue weighted by Crippen LogP contribution is 2.24. The molecule has 0 atom stereocenters. The molecule has 0 aliphatic rings. The molecule has 3 N–H and O–H groups in total. The van der Waals surface area contributed by atoms with Gasteiger partial charge >= 0.3 is 0 Å². The van der Waals surface area contributed by atoms with Gasteiger partial charge in [-0.3, -0.25) is 0 Å². The van der Waals surface area contributed by atoms with Crippen molar-refractivity contribution in [3.8, 4) is 5.88 Å². The van der Waals surface area contributed by atoms with Gasteiger partial charge in [0.1, 0.15) is 5.52 Å². The number of rotatable bonds is 3. The Labute approximate surface area is 82.1 Å². The maximum Gasteiger partial charge on any atom is 0.238 e. The van der Waals surface area contributed by atoms with Crippen LogP contribution in [0.1, 0.15) is 5.56 Å². The lowest BCUT2D eigenvalue weighted by Crippen LogP contribution is -2.01. The first-order valence-electron chi connectivity index (χ1n) is 4.56. The Kier molecular flexibility index (Phi) is 2.37. The van der Waals surface area contributed by atoms with E-state index in [1.54, 1.807) is 13.3 Å². The standard InChI is InChI=1S/C10H13N3O/c1-14-10-9-8(3-5-12-10)7(2-4-11)6-13-9/h3,5-6,13H,2,4,11H2,1H3. The minimum absolute atomic E-state index is 0.630. The Hall–Kier alpha value is -1.55. The van der Waals surface area contributed by atoms with Crippen LogP contribution in [0.2, 0.25) is 0 Å². The average molecular weight is 191 g/mol. The van der Waals surface area contributed by atoms with E-state index in [9.17, 15) is 0 Å². The molecule has 0 aromatic carbocycles. The fourth-order valence-corrected chi connectivity index (χ4v) is 1.60. The molecule has 74 valence electrons. The number of nitrogens with one attached hydrogen (secondary N) is 1. The zero-order chi connectivity index (χ0) is 9.97. The average Bonchev–Trinajstić information content (AvgIpc) is 2.62. The van der Waals surface area contributed by atoms with Crippen LogP contribution in [-0.2, 0) is 6.42 Å². The summed E-state index contributed by atoms with van der Waals surface area (Å²) in [5, 5.41) is 1.14. The summed E-state index contributed by atoms with van der Waals surface area (Å²) in [6.07, 6.45) is 4.57. The second-order valence-electron chi connectivity index (χ2n) is 3.10. The lowest BCUT2D eigenvalue weighted by atomic mass is 10.1. The van der Waals surface area contributed by atoms with E-state index in [-0.39, 0.29) is 0 Å². The van der Waals surface area contributed by atoms with Gasteiger partial charge in [0, 0.05) is 17.8 Å². The SMILES string of the molecule is COc1nccc2c(CCN)c[nH]c12. The molecule has 0 saturated heterocycles. The van der Waals surface area contributed by atoms with Gasteiger partial charge in [-0.05, 0) is 24.6 Å².